The number of rotatable bonds is 4. The average Bonchev–Trinajstić information content (AvgIpc) is 2.77. The molecule has 1 saturated heterocycles. The van der Waals surface area contributed by atoms with Gasteiger partial charge in [-0.05, 0) is 31.5 Å². The zero-order chi connectivity index (χ0) is 12.3. The molecule has 1 aromatic heterocycles. The molecule has 2 rings (SSSR count). The van der Waals surface area contributed by atoms with Gasteiger partial charge in [0.2, 0.25) is 0 Å². The van der Waals surface area contributed by atoms with Crippen LogP contribution in [0.25, 0.3) is 0 Å². The maximum Gasteiger partial charge on any atom is 0.337 e. The fourth-order valence-electron chi connectivity index (χ4n) is 2.16. The molecule has 1 atom stereocenters. The number of hydrogen-bond acceptors (Lipinski definition) is 4. The molecule has 5 heteroatoms. The zero-order valence-corrected chi connectivity index (χ0v) is 9.54. The van der Waals surface area contributed by atoms with Gasteiger partial charge in [0, 0.05) is 18.8 Å². The summed E-state index contributed by atoms with van der Waals surface area (Å²) in [4.78, 5) is 17.0. The van der Waals surface area contributed by atoms with E-state index >= 15 is 0 Å². The van der Waals surface area contributed by atoms with Gasteiger partial charge in [0.05, 0.1) is 17.9 Å². The highest BCUT2D eigenvalue weighted by molar-refractivity contribution is 5.87. The van der Waals surface area contributed by atoms with E-state index in [1.165, 1.54) is 6.20 Å². The van der Waals surface area contributed by atoms with Gasteiger partial charge >= 0.3 is 5.97 Å². The molecule has 1 unspecified atom stereocenters. The molecule has 0 amide bonds. The quantitative estimate of drug-likeness (QED) is 0.806. The Labute approximate surface area is 99.7 Å². The van der Waals surface area contributed by atoms with E-state index < -0.39 is 5.97 Å². The van der Waals surface area contributed by atoms with Crippen LogP contribution in [0.4, 0.5) is 0 Å². The molecule has 0 bridgehead atoms. The van der Waals surface area contributed by atoms with Crippen molar-refractivity contribution in [3.8, 4) is 0 Å². The van der Waals surface area contributed by atoms with Gasteiger partial charge < -0.3 is 10.2 Å². The monoisotopic (exact) mass is 236 g/mol. The molecule has 1 aliphatic heterocycles. The van der Waals surface area contributed by atoms with Crippen molar-refractivity contribution in [2.24, 2.45) is 0 Å². The Kier molecular flexibility index (Phi) is 3.71. The smallest absolute Gasteiger partial charge is 0.337 e. The lowest BCUT2D eigenvalue weighted by molar-refractivity contribution is 0.0696. The van der Waals surface area contributed by atoms with E-state index in [9.17, 15) is 9.90 Å². The number of aliphatic hydroxyl groups is 1. The van der Waals surface area contributed by atoms with Gasteiger partial charge in [-0.15, -0.1) is 0 Å². The van der Waals surface area contributed by atoms with Crippen LogP contribution in [-0.2, 0) is 6.54 Å². The topological polar surface area (TPSA) is 73.7 Å². The summed E-state index contributed by atoms with van der Waals surface area (Å²) in [6, 6.07) is 3.51. The van der Waals surface area contributed by atoms with Crippen LogP contribution in [0.5, 0.6) is 0 Å². The number of nitrogens with zero attached hydrogens (tertiary/aromatic N) is 2. The second-order valence-electron chi connectivity index (χ2n) is 4.29. The molecule has 17 heavy (non-hydrogen) atoms. The normalized spacial score (nSPS) is 20.6. The number of aromatic carboxylic acids is 1. The average molecular weight is 236 g/mol. The van der Waals surface area contributed by atoms with E-state index in [-0.39, 0.29) is 18.2 Å². The first kappa shape index (κ1) is 12.0. The third-order valence-electron chi connectivity index (χ3n) is 3.15. The summed E-state index contributed by atoms with van der Waals surface area (Å²) in [5.74, 6) is -0.960. The third-order valence-corrected chi connectivity index (χ3v) is 3.15. The third kappa shape index (κ3) is 2.81. The fraction of sp³-hybridized carbons (Fsp3) is 0.500. The SMILES string of the molecule is O=C(O)c1ccc(CN2CCCC2CO)nc1. The first-order valence-electron chi connectivity index (χ1n) is 5.74. The van der Waals surface area contributed by atoms with E-state index in [1.54, 1.807) is 12.1 Å². The molecule has 0 aliphatic carbocycles. The van der Waals surface area contributed by atoms with Crippen molar-refractivity contribution in [3.63, 3.8) is 0 Å². The highest BCUT2D eigenvalue weighted by Crippen LogP contribution is 2.18. The first-order chi connectivity index (χ1) is 8.20. The second-order valence-corrected chi connectivity index (χ2v) is 4.29. The van der Waals surface area contributed by atoms with E-state index in [0.717, 1.165) is 25.1 Å². The number of hydrogen-bond donors (Lipinski definition) is 2. The molecule has 0 saturated carbocycles. The van der Waals surface area contributed by atoms with Crippen LogP contribution in [0, 0.1) is 0 Å². The summed E-state index contributed by atoms with van der Waals surface area (Å²) in [5.41, 5.74) is 1.05. The summed E-state index contributed by atoms with van der Waals surface area (Å²) >= 11 is 0. The van der Waals surface area contributed by atoms with Crippen LogP contribution in [0.15, 0.2) is 18.3 Å². The maximum absolute atomic E-state index is 10.7. The van der Waals surface area contributed by atoms with Crippen LogP contribution < -0.4 is 0 Å². The van der Waals surface area contributed by atoms with Gasteiger partial charge in [-0.3, -0.25) is 9.88 Å². The van der Waals surface area contributed by atoms with Crippen LogP contribution >= 0.6 is 0 Å². The molecule has 0 spiro atoms. The van der Waals surface area contributed by atoms with Crippen LogP contribution in [0.3, 0.4) is 0 Å². The number of carbonyl (C=O) groups is 1. The van der Waals surface area contributed by atoms with Gasteiger partial charge in [0.1, 0.15) is 0 Å². The molecule has 92 valence electrons. The highest BCUT2D eigenvalue weighted by atomic mass is 16.4. The van der Waals surface area contributed by atoms with E-state index in [4.69, 9.17) is 5.11 Å². The van der Waals surface area contributed by atoms with E-state index in [0.29, 0.717) is 6.54 Å². The van der Waals surface area contributed by atoms with E-state index in [2.05, 4.69) is 9.88 Å². The van der Waals surface area contributed by atoms with Gasteiger partial charge in [0.15, 0.2) is 0 Å². The van der Waals surface area contributed by atoms with Gasteiger partial charge in [0.25, 0.3) is 0 Å². The molecule has 2 N–H and O–H groups in total. The predicted octanol–water partition coefficient (Wildman–Crippen LogP) is 0.736. The zero-order valence-electron chi connectivity index (χ0n) is 9.54. The van der Waals surface area contributed by atoms with Crippen LogP contribution in [-0.4, -0.2) is 45.3 Å². The number of pyridine rings is 1. The number of aliphatic hydroxyl groups excluding tert-OH is 1. The Hall–Kier alpha value is -1.46. The maximum atomic E-state index is 10.7. The standard InChI is InChI=1S/C12H16N2O3/c15-8-11-2-1-5-14(11)7-10-4-3-9(6-13-10)12(16)17/h3-4,6,11,15H,1-2,5,7-8H2,(H,16,17). The first-order valence-corrected chi connectivity index (χ1v) is 5.74. The summed E-state index contributed by atoms with van der Waals surface area (Å²) in [6.45, 7) is 1.81. The Morgan fingerprint density at radius 3 is 2.94 bits per heavy atom. The summed E-state index contributed by atoms with van der Waals surface area (Å²) in [5, 5.41) is 17.9. The van der Waals surface area contributed by atoms with Crippen molar-refractivity contribution in [2.75, 3.05) is 13.2 Å². The molecule has 0 radical (unpaired) electrons. The van der Waals surface area contributed by atoms with Crippen molar-refractivity contribution in [2.45, 2.75) is 25.4 Å². The number of carboxylic acid groups (broad SMARTS) is 1. The van der Waals surface area contributed by atoms with Crippen molar-refractivity contribution in [1.82, 2.24) is 9.88 Å². The largest absolute Gasteiger partial charge is 0.478 e. The van der Waals surface area contributed by atoms with Crippen LogP contribution in [0.2, 0.25) is 0 Å². The molecule has 1 aliphatic rings. The second kappa shape index (κ2) is 5.25. The molecule has 5 nitrogen and oxygen atoms in total. The van der Waals surface area contributed by atoms with Gasteiger partial charge in [-0.2, -0.15) is 0 Å². The lowest BCUT2D eigenvalue weighted by Crippen LogP contribution is -2.31. The molecular formula is C12H16N2O3. The van der Waals surface area contributed by atoms with Crippen molar-refractivity contribution >= 4 is 5.97 Å². The number of carboxylic acids is 1. The van der Waals surface area contributed by atoms with Crippen molar-refractivity contribution < 1.29 is 15.0 Å². The van der Waals surface area contributed by atoms with Gasteiger partial charge in [-0.25, -0.2) is 4.79 Å². The van der Waals surface area contributed by atoms with Crippen molar-refractivity contribution in [3.05, 3.63) is 29.6 Å². The highest BCUT2D eigenvalue weighted by Gasteiger charge is 2.23. The Morgan fingerprint density at radius 1 is 1.53 bits per heavy atom. The number of aromatic nitrogens is 1. The lowest BCUT2D eigenvalue weighted by Gasteiger charge is -2.21. The Balaban J connectivity index is 2.01. The Morgan fingerprint density at radius 2 is 2.35 bits per heavy atom. The minimum Gasteiger partial charge on any atom is -0.478 e. The number of likely N-dealkylation sites (tertiary alicyclic amines) is 1. The predicted molar refractivity (Wildman–Crippen MR) is 61.7 cm³/mol. The van der Waals surface area contributed by atoms with Gasteiger partial charge in [-0.1, -0.05) is 0 Å². The van der Waals surface area contributed by atoms with Crippen molar-refractivity contribution in [1.29, 1.82) is 0 Å². The summed E-state index contributed by atoms with van der Waals surface area (Å²) < 4.78 is 0. The molecule has 2 heterocycles. The van der Waals surface area contributed by atoms with Crippen LogP contribution in [0.1, 0.15) is 28.9 Å². The molecule has 1 fully saturated rings. The molecular weight excluding hydrogens is 220 g/mol. The van der Waals surface area contributed by atoms with E-state index in [1.807, 2.05) is 0 Å². The summed E-state index contributed by atoms with van der Waals surface area (Å²) in [6.07, 6.45) is 3.49. The Bertz CT molecular complexity index is 391. The minimum absolute atomic E-state index is 0.174. The summed E-state index contributed by atoms with van der Waals surface area (Å²) in [7, 11) is 0. The minimum atomic E-state index is -0.960. The fourth-order valence-corrected chi connectivity index (χ4v) is 2.16. The molecule has 1 aromatic rings. The molecule has 0 aromatic carbocycles. The lowest BCUT2D eigenvalue weighted by atomic mass is 10.2.